The van der Waals surface area contributed by atoms with Gasteiger partial charge in [-0.2, -0.15) is 0 Å². The lowest BCUT2D eigenvalue weighted by Crippen LogP contribution is -2.45. The van der Waals surface area contributed by atoms with E-state index in [1.54, 1.807) is 23.3 Å². The molecule has 2 N–H and O–H groups in total. The molecule has 1 unspecified atom stereocenters. The highest BCUT2D eigenvalue weighted by atomic mass is 127. The van der Waals surface area contributed by atoms with E-state index in [-0.39, 0.29) is 35.7 Å². The van der Waals surface area contributed by atoms with Gasteiger partial charge in [-0.25, -0.2) is 13.8 Å². The van der Waals surface area contributed by atoms with E-state index in [4.69, 9.17) is 0 Å². The van der Waals surface area contributed by atoms with Gasteiger partial charge < -0.3 is 15.5 Å². The van der Waals surface area contributed by atoms with Crippen molar-refractivity contribution in [3.63, 3.8) is 0 Å². The number of nitrogens with zero attached hydrogens (tertiary/aromatic N) is 3. The summed E-state index contributed by atoms with van der Waals surface area (Å²) in [5.41, 5.74) is 1.14. The number of anilines is 1. The van der Waals surface area contributed by atoms with E-state index in [0.29, 0.717) is 25.0 Å². The van der Waals surface area contributed by atoms with E-state index in [1.165, 1.54) is 18.2 Å². The fraction of sp³-hybridized carbons (Fsp3) is 0.500. The predicted molar refractivity (Wildman–Crippen MR) is 127 cm³/mol. The van der Waals surface area contributed by atoms with Crippen LogP contribution in [0.1, 0.15) is 36.9 Å². The second-order valence-corrected chi connectivity index (χ2v) is 8.12. The van der Waals surface area contributed by atoms with Crippen LogP contribution in [0.25, 0.3) is 0 Å². The van der Waals surface area contributed by atoms with Crippen molar-refractivity contribution >= 4 is 47.0 Å². The van der Waals surface area contributed by atoms with Gasteiger partial charge in [0.1, 0.15) is 17.3 Å². The largest absolute Gasteiger partial charge is 0.365 e. The molecule has 0 aliphatic carbocycles. The number of rotatable bonds is 6. The summed E-state index contributed by atoms with van der Waals surface area (Å²) >= 11 is 1.70. The molecular formula is C20H28F2IN5S. The quantitative estimate of drug-likeness (QED) is 0.332. The van der Waals surface area contributed by atoms with Crippen LogP contribution in [0.2, 0.25) is 0 Å². The van der Waals surface area contributed by atoms with E-state index in [1.807, 2.05) is 0 Å². The molecule has 1 atom stereocenters. The first-order valence-electron chi connectivity index (χ1n) is 9.58. The summed E-state index contributed by atoms with van der Waals surface area (Å²) in [7, 11) is 1.72. The van der Waals surface area contributed by atoms with Crippen LogP contribution in [0, 0.1) is 11.6 Å². The van der Waals surface area contributed by atoms with Crippen molar-refractivity contribution in [1.82, 2.24) is 15.6 Å². The molecule has 2 heterocycles. The summed E-state index contributed by atoms with van der Waals surface area (Å²) in [6, 6.07) is 4.06. The van der Waals surface area contributed by atoms with Gasteiger partial charge >= 0.3 is 0 Å². The average molecular weight is 535 g/mol. The highest BCUT2D eigenvalue weighted by molar-refractivity contribution is 14.0. The number of guanidine groups is 1. The van der Waals surface area contributed by atoms with Gasteiger partial charge in [0.15, 0.2) is 5.96 Å². The Morgan fingerprint density at radius 3 is 2.69 bits per heavy atom. The third-order valence-corrected chi connectivity index (χ3v) is 5.94. The summed E-state index contributed by atoms with van der Waals surface area (Å²) in [5, 5.41) is 9.90. The zero-order valence-corrected chi connectivity index (χ0v) is 20.1. The molecule has 9 heteroatoms. The number of hydrogen-bond donors (Lipinski definition) is 2. The summed E-state index contributed by atoms with van der Waals surface area (Å²) in [4.78, 5) is 10.6. The van der Waals surface area contributed by atoms with E-state index in [0.717, 1.165) is 30.1 Å². The number of benzene rings is 1. The third-order valence-electron chi connectivity index (χ3n) is 4.74. The Morgan fingerprint density at radius 2 is 2.07 bits per heavy atom. The van der Waals surface area contributed by atoms with E-state index in [9.17, 15) is 8.78 Å². The second-order valence-electron chi connectivity index (χ2n) is 7.23. The highest BCUT2D eigenvalue weighted by Crippen LogP contribution is 2.26. The van der Waals surface area contributed by atoms with E-state index < -0.39 is 11.6 Å². The molecule has 0 bridgehead atoms. The maximum Gasteiger partial charge on any atom is 0.191 e. The Hall–Kier alpha value is -1.49. The Balaban J connectivity index is 0.00000300. The molecule has 1 aliphatic rings. The van der Waals surface area contributed by atoms with E-state index >= 15 is 0 Å². The topological polar surface area (TPSA) is 52.6 Å². The zero-order valence-electron chi connectivity index (χ0n) is 16.9. The van der Waals surface area contributed by atoms with Crippen molar-refractivity contribution in [3.05, 3.63) is 45.9 Å². The molecule has 160 valence electrons. The fourth-order valence-electron chi connectivity index (χ4n) is 3.27. The number of aromatic nitrogens is 1. The molecule has 1 saturated heterocycles. The maximum atomic E-state index is 14.0. The predicted octanol–water partition coefficient (Wildman–Crippen LogP) is 4.15. The first-order chi connectivity index (χ1) is 13.5. The Bertz CT molecular complexity index is 807. The van der Waals surface area contributed by atoms with Crippen molar-refractivity contribution in [3.8, 4) is 0 Å². The van der Waals surface area contributed by atoms with Crippen LogP contribution in [0.3, 0.4) is 0 Å². The molecule has 29 heavy (non-hydrogen) atoms. The minimum atomic E-state index is -0.521. The van der Waals surface area contributed by atoms with Gasteiger partial charge in [0.25, 0.3) is 0 Å². The first-order valence-corrected chi connectivity index (χ1v) is 10.5. The Morgan fingerprint density at radius 1 is 1.34 bits per heavy atom. The van der Waals surface area contributed by atoms with Crippen molar-refractivity contribution in [2.24, 2.45) is 4.99 Å². The van der Waals surface area contributed by atoms with Gasteiger partial charge in [-0.05, 0) is 18.6 Å². The van der Waals surface area contributed by atoms with Gasteiger partial charge in [-0.15, -0.1) is 35.3 Å². The molecule has 0 saturated carbocycles. The van der Waals surface area contributed by atoms with Crippen LogP contribution in [0.15, 0.2) is 28.6 Å². The summed E-state index contributed by atoms with van der Waals surface area (Å²) in [6.07, 6.45) is 1.61. The Labute approximate surface area is 192 Å². The van der Waals surface area contributed by atoms with Crippen molar-refractivity contribution in [2.45, 2.75) is 38.6 Å². The smallest absolute Gasteiger partial charge is 0.191 e. The average Bonchev–Trinajstić information content (AvgIpc) is 3.31. The monoisotopic (exact) mass is 535 g/mol. The molecule has 5 nitrogen and oxygen atoms in total. The van der Waals surface area contributed by atoms with Gasteiger partial charge in [0.2, 0.25) is 0 Å². The number of halogens is 3. The zero-order chi connectivity index (χ0) is 20.1. The lowest BCUT2D eigenvalue weighted by molar-refractivity contribution is 0.576. The van der Waals surface area contributed by atoms with Crippen LogP contribution >= 0.6 is 35.3 Å². The standard InChI is InChI=1S/C20H27F2N5S.HI/c1-13(2)19-25-15(12-28-19)7-9-24-20(23-3)26-14-8-10-27(11-14)18-16(21)5-4-6-17(18)22;/h4-6,12-14H,7-11H2,1-3H3,(H2,23,24,26);1H. The minimum absolute atomic E-state index is 0. The number of para-hydroxylation sites is 1. The van der Waals surface area contributed by atoms with Gasteiger partial charge in [-0.1, -0.05) is 19.9 Å². The van der Waals surface area contributed by atoms with Crippen molar-refractivity contribution < 1.29 is 8.78 Å². The second kappa shape index (κ2) is 11.1. The molecule has 1 fully saturated rings. The summed E-state index contributed by atoms with van der Waals surface area (Å²) in [6.45, 7) is 6.14. The summed E-state index contributed by atoms with van der Waals surface area (Å²) < 4.78 is 28.0. The van der Waals surface area contributed by atoms with Crippen LogP contribution < -0.4 is 15.5 Å². The van der Waals surface area contributed by atoms with Crippen LogP contribution in [0.4, 0.5) is 14.5 Å². The fourth-order valence-corrected chi connectivity index (χ4v) is 4.14. The van der Waals surface area contributed by atoms with Gasteiger partial charge in [-0.3, -0.25) is 4.99 Å². The lowest BCUT2D eigenvalue weighted by atomic mass is 10.2. The van der Waals surface area contributed by atoms with E-state index in [2.05, 4.69) is 39.8 Å². The highest BCUT2D eigenvalue weighted by Gasteiger charge is 2.27. The summed E-state index contributed by atoms with van der Waals surface area (Å²) in [5.74, 6) is 0.102. The van der Waals surface area contributed by atoms with Crippen LogP contribution in [-0.2, 0) is 6.42 Å². The number of thiazole rings is 1. The molecule has 0 spiro atoms. The molecule has 3 rings (SSSR count). The Kier molecular flexibility index (Phi) is 9.06. The molecular weight excluding hydrogens is 507 g/mol. The number of nitrogens with one attached hydrogen (secondary N) is 2. The third kappa shape index (κ3) is 6.24. The van der Waals surface area contributed by atoms with Gasteiger partial charge in [0, 0.05) is 50.4 Å². The first kappa shape index (κ1) is 23.8. The molecule has 0 amide bonds. The lowest BCUT2D eigenvalue weighted by Gasteiger charge is -2.21. The maximum absolute atomic E-state index is 14.0. The molecule has 0 radical (unpaired) electrons. The normalized spacial score (nSPS) is 16.8. The number of hydrogen-bond acceptors (Lipinski definition) is 4. The molecule has 1 aromatic carbocycles. The van der Waals surface area contributed by atoms with Gasteiger partial charge in [0.05, 0.1) is 10.7 Å². The minimum Gasteiger partial charge on any atom is -0.365 e. The molecule has 2 aromatic rings. The van der Waals surface area contributed by atoms with Crippen molar-refractivity contribution in [2.75, 3.05) is 31.6 Å². The van der Waals surface area contributed by atoms with Crippen LogP contribution in [0.5, 0.6) is 0 Å². The number of aliphatic imine (C=N–C) groups is 1. The molecule has 1 aliphatic heterocycles. The van der Waals surface area contributed by atoms with Crippen molar-refractivity contribution in [1.29, 1.82) is 0 Å². The molecule has 1 aromatic heterocycles. The van der Waals surface area contributed by atoms with Crippen LogP contribution in [-0.4, -0.2) is 43.7 Å². The SMILES string of the molecule is CN=C(NCCc1csc(C(C)C)n1)NC1CCN(c2c(F)cccc2F)C1.I.